The van der Waals surface area contributed by atoms with Crippen LogP contribution in [0.15, 0.2) is 28.9 Å². The number of nitrogens with two attached hydrogens (primary N) is 1. The van der Waals surface area contributed by atoms with Gasteiger partial charge < -0.3 is 10.3 Å². The van der Waals surface area contributed by atoms with Crippen LogP contribution in [0, 0.1) is 11.6 Å². The molecule has 27 heavy (non-hydrogen) atoms. The van der Waals surface area contributed by atoms with Crippen LogP contribution >= 0.6 is 0 Å². The second kappa shape index (κ2) is 5.95. The molecule has 0 saturated heterocycles. The first-order valence-electron chi connectivity index (χ1n) is 8.86. The lowest BCUT2D eigenvalue weighted by Crippen LogP contribution is -2.44. The van der Waals surface area contributed by atoms with Gasteiger partial charge in [0.2, 0.25) is 0 Å². The number of halogens is 2. The minimum absolute atomic E-state index is 0.167. The maximum Gasteiger partial charge on any atom is 0.261 e. The van der Waals surface area contributed by atoms with Crippen molar-refractivity contribution in [1.82, 2.24) is 19.9 Å². The summed E-state index contributed by atoms with van der Waals surface area (Å²) in [5, 5.41) is 8.55. The Labute approximate surface area is 155 Å². The fourth-order valence-corrected chi connectivity index (χ4v) is 3.07. The van der Waals surface area contributed by atoms with E-state index in [0.29, 0.717) is 17.1 Å². The van der Waals surface area contributed by atoms with E-state index in [1.54, 1.807) is 10.9 Å². The second-order valence-corrected chi connectivity index (χ2v) is 8.06. The SMILES string of the molecule is CC(C)(C)n1cc(-c2nc(C3(N)CCC3)no2)c(-c2ccc(F)cc2F)n1. The molecular weight excluding hydrogens is 352 g/mol. The Morgan fingerprint density at radius 2 is 1.93 bits per heavy atom. The van der Waals surface area contributed by atoms with Gasteiger partial charge in [0.25, 0.3) is 5.89 Å². The van der Waals surface area contributed by atoms with Crippen LogP contribution in [0.1, 0.15) is 45.9 Å². The monoisotopic (exact) mass is 373 g/mol. The van der Waals surface area contributed by atoms with Crippen molar-refractivity contribution >= 4 is 0 Å². The van der Waals surface area contributed by atoms with Gasteiger partial charge in [0.15, 0.2) is 5.82 Å². The average molecular weight is 373 g/mol. The van der Waals surface area contributed by atoms with E-state index in [2.05, 4.69) is 15.2 Å². The summed E-state index contributed by atoms with van der Waals surface area (Å²) in [6.07, 6.45) is 4.35. The third-order valence-corrected chi connectivity index (χ3v) is 4.94. The molecule has 1 aromatic carbocycles. The van der Waals surface area contributed by atoms with Gasteiger partial charge in [-0.2, -0.15) is 10.1 Å². The Bertz CT molecular complexity index is 998. The Kier molecular flexibility index (Phi) is 3.92. The van der Waals surface area contributed by atoms with E-state index in [-0.39, 0.29) is 17.0 Å². The summed E-state index contributed by atoms with van der Waals surface area (Å²) in [5.74, 6) is -0.693. The molecule has 6 nitrogen and oxygen atoms in total. The van der Waals surface area contributed by atoms with E-state index in [9.17, 15) is 8.78 Å². The fraction of sp³-hybridized carbons (Fsp3) is 0.421. The number of hydrogen-bond donors (Lipinski definition) is 1. The Morgan fingerprint density at radius 3 is 2.52 bits per heavy atom. The van der Waals surface area contributed by atoms with E-state index in [0.717, 1.165) is 25.3 Å². The summed E-state index contributed by atoms with van der Waals surface area (Å²) in [4.78, 5) is 4.45. The largest absolute Gasteiger partial charge is 0.334 e. The highest BCUT2D eigenvalue weighted by atomic mass is 19.1. The van der Waals surface area contributed by atoms with Crippen LogP contribution in [0.25, 0.3) is 22.7 Å². The van der Waals surface area contributed by atoms with Crippen molar-refractivity contribution in [3.8, 4) is 22.7 Å². The molecule has 4 rings (SSSR count). The molecule has 142 valence electrons. The lowest BCUT2D eigenvalue weighted by molar-refractivity contribution is 0.229. The molecule has 8 heteroatoms. The summed E-state index contributed by atoms with van der Waals surface area (Å²) in [7, 11) is 0. The zero-order chi connectivity index (χ0) is 19.4. The third-order valence-electron chi connectivity index (χ3n) is 4.94. The van der Waals surface area contributed by atoms with Gasteiger partial charge in [0, 0.05) is 17.8 Å². The highest BCUT2D eigenvalue weighted by Gasteiger charge is 2.39. The van der Waals surface area contributed by atoms with Gasteiger partial charge in [0.1, 0.15) is 17.3 Å². The maximum atomic E-state index is 14.4. The first-order valence-corrected chi connectivity index (χ1v) is 8.86. The van der Waals surface area contributed by atoms with Gasteiger partial charge in [-0.05, 0) is 52.2 Å². The molecule has 1 saturated carbocycles. The molecule has 0 aliphatic heterocycles. The minimum Gasteiger partial charge on any atom is -0.334 e. The summed E-state index contributed by atoms with van der Waals surface area (Å²) >= 11 is 0. The lowest BCUT2D eigenvalue weighted by atomic mass is 9.77. The zero-order valence-electron chi connectivity index (χ0n) is 15.5. The Morgan fingerprint density at radius 1 is 1.19 bits per heavy atom. The topological polar surface area (TPSA) is 82.8 Å². The van der Waals surface area contributed by atoms with Crippen molar-refractivity contribution in [2.45, 2.75) is 51.1 Å². The summed E-state index contributed by atoms with van der Waals surface area (Å²) in [6, 6.07) is 3.38. The molecule has 0 bridgehead atoms. The lowest BCUT2D eigenvalue weighted by Gasteiger charge is -2.34. The summed E-state index contributed by atoms with van der Waals surface area (Å²) < 4.78 is 34.9. The maximum absolute atomic E-state index is 14.4. The van der Waals surface area contributed by atoms with Crippen molar-refractivity contribution in [1.29, 1.82) is 0 Å². The number of rotatable bonds is 3. The van der Waals surface area contributed by atoms with Gasteiger partial charge in [-0.15, -0.1) is 0 Å². The van der Waals surface area contributed by atoms with Crippen LogP contribution in [0.2, 0.25) is 0 Å². The molecule has 3 aromatic rings. The van der Waals surface area contributed by atoms with Crippen LogP contribution < -0.4 is 5.73 Å². The molecule has 2 heterocycles. The number of benzene rings is 1. The van der Waals surface area contributed by atoms with Gasteiger partial charge in [-0.25, -0.2) is 8.78 Å². The molecule has 0 radical (unpaired) electrons. The van der Waals surface area contributed by atoms with Crippen molar-refractivity contribution in [3.05, 3.63) is 41.9 Å². The van der Waals surface area contributed by atoms with Crippen molar-refractivity contribution < 1.29 is 13.3 Å². The molecule has 0 spiro atoms. The molecule has 0 amide bonds. The van der Waals surface area contributed by atoms with Crippen LogP contribution in [0.5, 0.6) is 0 Å². The van der Waals surface area contributed by atoms with E-state index in [1.807, 2.05) is 20.8 Å². The van der Waals surface area contributed by atoms with E-state index < -0.39 is 17.2 Å². The van der Waals surface area contributed by atoms with E-state index >= 15 is 0 Å². The summed E-state index contributed by atoms with van der Waals surface area (Å²) in [6.45, 7) is 5.91. The molecular formula is C19H21F2N5O. The average Bonchev–Trinajstić information content (AvgIpc) is 3.19. The Hall–Kier alpha value is -2.61. The molecule has 1 fully saturated rings. The van der Waals surface area contributed by atoms with Crippen LogP contribution in [0.4, 0.5) is 8.78 Å². The summed E-state index contributed by atoms with van der Waals surface area (Å²) in [5.41, 5.74) is 6.32. The van der Waals surface area contributed by atoms with E-state index in [4.69, 9.17) is 10.3 Å². The Balaban J connectivity index is 1.85. The van der Waals surface area contributed by atoms with Gasteiger partial charge in [-0.1, -0.05) is 5.16 Å². The van der Waals surface area contributed by atoms with E-state index in [1.165, 1.54) is 12.1 Å². The third kappa shape index (κ3) is 3.03. The van der Waals surface area contributed by atoms with Crippen LogP contribution in [-0.4, -0.2) is 19.9 Å². The molecule has 0 unspecified atom stereocenters. The zero-order valence-corrected chi connectivity index (χ0v) is 15.5. The van der Waals surface area contributed by atoms with Crippen LogP contribution in [0.3, 0.4) is 0 Å². The number of aromatic nitrogens is 4. The van der Waals surface area contributed by atoms with Crippen molar-refractivity contribution in [2.24, 2.45) is 5.73 Å². The van der Waals surface area contributed by atoms with Gasteiger partial charge >= 0.3 is 0 Å². The molecule has 1 aliphatic rings. The first-order chi connectivity index (χ1) is 12.7. The highest BCUT2D eigenvalue weighted by Crippen LogP contribution is 2.39. The van der Waals surface area contributed by atoms with Crippen molar-refractivity contribution in [3.63, 3.8) is 0 Å². The quantitative estimate of drug-likeness (QED) is 0.751. The minimum atomic E-state index is -0.704. The highest BCUT2D eigenvalue weighted by molar-refractivity contribution is 5.76. The first kappa shape index (κ1) is 17.8. The molecule has 0 atom stereocenters. The molecule has 2 aromatic heterocycles. The van der Waals surface area contributed by atoms with Crippen LogP contribution in [-0.2, 0) is 11.1 Å². The number of hydrogen-bond acceptors (Lipinski definition) is 5. The predicted molar refractivity (Wildman–Crippen MR) is 95.6 cm³/mol. The van der Waals surface area contributed by atoms with Gasteiger partial charge in [0.05, 0.1) is 16.6 Å². The predicted octanol–water partition coefficient (Wildman–Crippen LogP) is 3.97. The molecule has 1 aliphatic carbocycles. The molecule has 2 N–H and O–H groups in total. The van der Waals surface area contributed by atoms with Gasteiger partial charge in [-0.3, -0.25) is 4.68 Å². The van der Waals surface area contributed by atoms with Crippen molar-refractivity contribution in [2.75, 3.05) is 0 Å². The second-order valence-electron chi connectivity index (χ2n) is 8.06. The number of nitrogens with zero attached hydrogens (tertiary/aromatic N) is 4. The fourth-order valence-electron chi connectivity index (χ4n) is 3.07. The standard InChI is InChI=1S/C19H21F2N5O/c1-18(2,3)26-10-13(15(24-26)12-6-5-11(20)9-14(12)21)16-23-17(25-27-16)19(22)7-4-8-19/h5-6,9-10H,4,7-8,22H2,1-3H3. The smallest absolute Gasteiger partial charge is 0.261 e. The normalized spacial score (nSPS) is 16.4.